The van der Waals surface area contributed by atoms with Crippen LogP contribution in [0.3, 0.4) is 0 Å². The zero-order valence-electron chi connectivity index (χ0n) is 11.1. The Morgan fingerprint density at radius 3 is 2.85 bits per heavy atom. The number of likely N-dealkylation sites (tertiary alicyclic amines) is 1. The first kappa shape index (κ1) is 12.7. The van der Waals surface area contributed by atoms with Crippen LogP contribution in [0.2, 0.25) is 0 Å². The molecule has 0 radical (unpaired) electrons. The lowest BCUT2D eigenvalue weighted by Gasteiger charge is -2.32. The fourth-order valence-electron chi connectivity index (χ4n) is 2.67. The van der Waals surface area contributed by atoms with E-state index in [-0.39, 0.29) is 17.6 Å². The minimum Gasteiger partial charge on any atom is -0.508 e. The van der Waals surface area contributed by atoms with Crippen molar-refractivity contribution in [1.29, 1.82) is 0 Å². The quantitative estimate of drug-likeness (QED) is 0.879. The number of aromatic amines is 1. The van der Waals surface area contributed by atoms with E-state index in [0.29, 0.717) is 12.1 Å². The van der Waals surface area contributed by atoms with Gasteiger partial charge in [-0.25, -0.2) is 4.98 Å². The maximum absolute atomic E-state index is 12.4. The predicted molar refractivity (Wildman–Crippen MR) is 74.6 cm³/mol. The van der Waals surface area contributed by atoms with Crippen molar-refractivity contribution in [3.8, 4) is 5.75 Å². The molecule has 0 bridgehead atoms. The van der Waals surface area contributed by atoms with Crippen molar-refractivity contribution in [2.75, 3.05) is 13.1 Å². The summed E-state index contributed by atoms with van der Waals surface area (Å²) in [4.78, 5) is 21.7. The van der Waals surface area contributed by atoms with Gasteiger partial charge in [0, 0.05) is 37.0 Å². The third kappa shape index (κ3) is 2.52. The van der Waals surface area contributed by atoms with Gasteiger partial charge in [0.25, 0.3) is 5.91 Å². The molecule has 3 rings (SSSR count). The number of hydrogen-bond donors (Lipinski definition) is 2. The van der Waals surface area contributed by atoms with E-state index in [9.17, 15) is 9.90 Å². The van der Waals surface area contributed by atoms with Crippen molar-refractivity contribution in [3.63, 3.8) is 0 Å². The first-order chi connectivity index (χ1) is 9.74. The van der Waals surface area contributed by atoms with E-state index < -0.39 is 0 Å². The van der Waals surface area contributed by atoms with E-state index >= 15 is 0 Å². The second-order valence-electron chi connectivity index (χ2n) is 5.11. The van der Waals surface area contributed by atoms with Crippen LogP contribution in [-0.2, 0) is 0 Å². The van der Waals surface area contributed by atoms with Gasteiger partial charge in [-0.1, -0.05) is 0 Å². The summed E-state index contributed by atoms with van der Waals surface area (Å²) in [7, 11) is 0. The topological polar surface area (TPSA) is 69.2 Å². The van der Waals surface area contributed by atoms with Crippen molar-refractivity contribution >= 4 is 5.91 Å². The molecule has 0 saturated carbocycles. The van der Waals surface area contributed by atoms with Crippen LogP contribution >= 0.6 is 0 Å². The molecule has 20 heavy (non-hydrogen) atoms. The summed E-state index contributed by atoms with van der Waals surface area (Å²) >= 11 is 0. The zero-order valence-corrected chi connectivity index (χ0v) is 11.1. The molecule has 1 amide bonds. The van der Waals surface area contributed by atoms with Crippen molar-refractivity contribution in [3.05, 3.63) is 48.0 Å². The lowest BCUT2D eigenvalue weighted by Crippen LogP contribution is -2.39. The second kappa shape index (κ2) is 5.36. The molecule has 0 aliphatic carbocycles. The van der Waals surface area contributed by atoms with E-state index in [1.165, 1.54) is 0 Å². The number of piperidine rings is 1. The van der Waals surface area contributed by atoms with Gasteiger partial charge in [-0.3, -0.25) is 4.79 Å². The van der Waals surface area contributed by atoms with Gasteiger partial charge in [-0.05, 0) is 37.1 Å². The van der Waals surface area contributed by atoms with Gasteiger partial charge in [0.2, 0.25) is 0 Å². The molecule has 1 aliphatic heterocycles. The Morgan fingerprint density at radius 2 is 2.15 bits per heavy atom. The highest BCUT2D eigenvalue weighted by Gasteiger charge is 2.26. The number of benzene rings is 1. The van der Waals surface area contributed by atoms with Crippen molar-refractivity contribution in [1.82, 2.24) is 14.9 Å². The van der Waals surface area contributed by atoms with Crippen LogP contribution in [0.5, 0.6) is 5.75 Å². The van der Waals surface area contributed by atoms with Gasteiger partial charge in [0.15, 0.2) is 0 Å². The van der Waals surface area contributed by atoms with Crippen LogP contribution in [0, 0.1) is 0 Å². The Morgan fingerprint density at radius 1 is 1.35 bits per heavy atom. The Balaban J connectivity index is 1.73. The van der Waals surface area contributed by atoms with Gasteiger partial charge in [0.1, 0.15) is 11.6 Å². The van der Waals surface area contributed by atoms with Gasteiger partial charge in [-0.15, -0.1) is 0 Å². The molecule has 1 fully saturated rings. The maximum atomic E-state index is 12.4. The molecule has 2 N–H and O–H groups in total. The number of amides is 1. The molecule has 1 unspecified atom stereocenters. The van der Waals surface area contributed by atoms with Crippen LogP contribution in [0.1, 0.15) is 34.9 Å². The lowest BCUT2D eigenvalue weighted by atomic mass is 9.96. The third-order valence-electron chi connectivity index (χ3n) is 3.73. The molecule has 2 aromatic rings. The van der Waals surface area contributed by atoms with E-state index in [1.807, 2.05) is 11.1 Å². The average Bonchev–Trinajstić information content (AvgIpc) is 3.02. The highest BCUT2D eigenvalue weighted by molar-refractivity contribution is 5.94. The molecule has 0 spiro atoms. The fourth-order valence-corrected chi connectivity index (χ4v) is 2.67. The molecule has 1 aliphatic rings. The molecule has 1 atom stereocenters. The number of nitrogens with one attached hydrogen (secondary N) is 1. The van der Waals surface area contributed by atoms with Crippen molar-refractivity contribution in [2.24, 2.45) is 0 Å². The number of aromatic nitrogens is 2. The number of hydrogen-bond acceptors (Lipinski definition) is 3. The number of carbonyl (C=O) groups excluding carboxylic acids is 1. The summed E-state index contributed by atoms with van der Waals surface area (Å²) in [5.41, 5.74) is 0.614. The summed E-state index contributed by atoms with van der Waals surface area (Å²) < 4.78 is 0. The lowest BCUT2D eigenvalue weighted by molar-refractivity contribution is 0.0705. The number of H-pyrrole nitrogens is 1. The third-order valence-corrected chi connectivity index (χ3v) is 3.73. The highest BCUT2D eigenvalue weighted by atomic mass is 16.3. The minimum atomic E-state index is 0.0151. The minimum absolute atomic E-state index is 0.0151. The van der Waals surface area contributed by atoms with Gasteiger partial charge in [-0.2, -0.15) is 0 Å². The smallest absolute Gasteiger partial charge is 0.253 e. The first-order valence-corrected chi connectivity index (χ1v) is 6.81. The number of phenolic OH excluding ortho intramolecular Hbond substituents is 1. The van der Waals surface area contributed by atoms with Gasteiger partial charge >= 0.3 is 0 Å². The number of aromatic hydroxyl groups is 1. The Hall–Kier alpha value is -2.30. The predicted octanol–water partition coefficient (Wildman–Crippen LogP) is 2.14. The van der Waals surface area contributed by atoms with Crippen molar-refractivity contribution < 1.29 is 9.90 Å². The zero-order chi connectivity index (χ0) is 13.9. The van der Waals surface area contributed by atoms with Gasteiger partial charge < -0.3 is 15.0 Å². The molecule has 5 heteroatoms. The van der Waals surface area contributed by atoms with Crippen LogP contribution < -0.4 is 0 Å². The number of imidazole rings is 1. The molecule has 1 aromatic carbocycles. The standard InChI is InChI=1S/C15H17N3O2/c19-13-5-3-11(4-6-13)15(20)18-9-1-2-12(10-18)14-16-7-8-17-14/h3-8,12,19H,1-2,9-10H2,(H,16,17). The van der Waals surface area contributed by atoms with Crippen LogP contribution in [0.4, 0.5) is 0 Å². The second-order valence-corrected chi connectivity index (χ2v) is 5.11. The van der Waals surface area contributed by atoms with Gasteiger partial charge in [0.05, 0.1) is 0 Å². The Labute approximate surface area is 117 Å². The molecular formula is C15H17N3O2. The average molecular weight is 271 g/mol. The summed E-state index contributed by atoms with van der Waals surface area (Å²) in [6, 6.07) is 6.41. The SMILES string of the molecule is O=C(c1ccc(O)cc1)N1CCCC(c2ncc[nH]2)C1. The normalized spacial score (nSPS) is 19.0. The summed E-state index contributed by atoms with van der Waals surface area (Å²) in [5, 5.41) is 9.28. The molecule has 2 heterocycles. The molecule has 1 saturated heterocycles. The summed E-state index contributed by atoms with van der Waals surface area (Å²) in [6.45, 7) is 1.46. The summed E-state index contributed by atoms with van der Waals surface area (Å²) in [5.74, 6) is 1.42. The van der Waals surface area contributed by atoms with Crippen LogP contribution in [-0.4, -0.2) is 39.0 Å². The number of rotatable bonds is 2. The number of carbonyl (C=O) groups is 1. The molecule has 1 aromatic heterocycles. The monoisotopic (exact) mass is 271 g/mol. The molecule has 5 nitrogen and oxygen atoms in total. The van der Waals surface area contributed by atoms with E-state index in [0.717, 1.165) is 25.2 Å². The van der Waals surface area contributed by atoms with Crippen molar-refractivity contribution in [2.45, 2.75) is 18.8 Å². The van der Waals surface area contributed by atoms with E-state index in [1.54, 1.807) is 30.5 Å². The largest absolute Gasteiger partial charge is 0.508 e. The van der Waals surface area contributed by atoms with Crippen LogP contribution in [0.25, 0.3) is 0 Å². The number of phenols is 1. The molecule has 104 valence electrons. The first-order valence-electron chi connectivity index (χ1n) is 6.81. The van der Waals surface area contributed by atoms with E-state index in [4.69, 9.17) is 0 Å². The fraction of sp³-hybridized carbons (Fsp3) is 0.333. The summed E-state index contributed by atoms with van der Waals surface area (Å²) in [6.07, 6.45) is 5.59. The number of nitrogens with zero attached hydrogens (tertiary/aromatic N) is 2. The highest BCUT2D eigenvalue weighted by Crippen LogP contribution is 2.25. The molecular weight excluding hydrogens is 254 g/mol. The van der Waals surface area contributed by atoms with E-state index in [2.05, 4.69) is 9.97 Å². The maximum Gasteiger partial charge on any atom is 0.253 e. The Kier molecular flexibility index (Phi) is 3.41. The Bertz CT molecular complexity index is 578. The van der Waals surface area contributed by atoms with Crippen LogP contribution in [0.15, 0.2) is 36.7 Å².